The molecule has 0 radical (unpaired) electrons. The second kappa shape index (κ2) is 5.35. The van der Waals surface area contributed by atoms with Crippen molar-refractivity contribution in [1.82, 2.24) is 5.32 Å². The van der Waals surface area contributed by atoms with Crippen LogP contribution >= 0.6 is 0 Å². The summed E-state index contributed by atoms with van der Waals surface area (Å²) in [6.07, 6.45) is 1.60. The van der Waals surface area contributed by atoms with Crippen molar-refractivity contribution in [3.05, 3.63) is 0 Å². The summed E-state index contributed by atoms with van der Waals surface area (Å²) >= 11 is 0. The van der Waals surface area contributed by atoms with Crippen LogP contribution in [0.3, 0.4) is 0 Å². The van der Waals surface area contributed by atoms with Crippen LogP contribution in [0.15, 0.2) is 0 Å². The van der Waals surface area contributed by atoms with Crippen LogP contribution in [-0.2, 0) is 14.6 Å². The summed E-state index contributed by atoms with van der Waals surface area (Å²) in [4.78, 5) is 11.9. The molecule has 0 aliphatic rings. The maximum Gasteiger partial charge on any atom is 0.227 e. The number of nitrogens with one attached hydrogen (secondary N) is 1. The van der Waals surface area contributed by atoms with Crippen molar-refractivity contribution in [2.45, 2.75) is 39.7 Å². The lowest BCUT2D eigenvalue weighted by Crippen LogP contribution is -2.55. The molecule has 0 aromatic heterocycles. The van der Waals surface area contributed by atoms with Gasteiger partial charge in [0, 0.05) is 18.3 Å². The summed E-state index contributed by atoms with van der Waals surface area (Å²) < 4.78 is 21.8. The van der Waals surface area contributed by atoms with Gasteiger partial charge in [0.15, 0.2) is 0 Å². The van der Waals surface area contributed by atoms with Gasteiger partial charge in [-0.15, -0.1) is 0 Å². The van der Waals surface area contributed by atoms with Crippen LogP contribution in [0.4, 0.5) is 0 Å². The van der Waals surface area contributed by atoms with Crippen molar-refractivity contribution in [1.29, 1.82) is 0 Å². The van der Waals surface area contributed by atoms with E-state index in [1.54, 1.807) is 27.7 Å². The van der Waals surface area contributed by atoms with Gasteiger partial charge in [-0.3, -0.25) is 4.79 Å². The molecule has 0 aliphatic carbocycles. The summed E-state index contributed by atoms with van der Waals surface area (Å²) in [5, 5.41) is 2.72. The van der Waals surface area contributed by atoms with Crippen LogP contribution < -0.4 is 11.1 Å². The first-order chi connectivity index (χ1) is 7.38. The van der Waals surface area contributed by atoms with E-state index in [1.165, 1.54) is 6.26 Å². The normalized spacial score (nSPS) is 13.5. The lowest BCUT2D eigenvalue weighted by Gasteiger charge is -2.36. The summed E-state index contributed by atoms with van der Waals surface area (Å²) in [6.45, 7) is 7.50. The minimum Gasteiger partial charge on any atom is -0.356 e. The van der Waals surface area contributed by atoms with E-state index in [0.29, 0.717) is 13.0 Å². The molecule has 0 aromatic rings. The van der Waals surface area contributed by atoms with Crippen LogP contribution in [0.1, 0.15) is 34.1 Å². The minimum atomic E-state index is -2.96. The molecule has 0 spiro atoms. The molecule has 0 saturated heterocycles. The molecule has 0 bridgehead atoms. The highest BCUT2D eigenvalue weighted by molar-refractivity contribution is 7.90. The van der Waals surface area contributed by atoms with Gasteiger partial charge < -0.3 is 11.1 Å². The van der Waals surface area contributed by atoms with Gasteiger partial charge in [-0.05, 0) is 34.1 Å². The first-order valence-electron chi connectivity index (χ1n) is 5.63. The topological polar surface area (TPSA) is 89.3 Å². The number of sulfone groups is 1. The number of hydrogen-bond donors (Lipinski definition) is 2. The summed E-state index contributed by atoms with van der Waals surface area (Å²) in [5.74, 6) is -0.0711. The maximum absolute atomic E-state index is 11.9. The molecule has 0 rings (SSSR count). The summed E-state index contributed by atoms with van der Waals surface area (Å²) in [6, 6.07) is 0. The predicted octanol–water partition coefficient (Wildman–Crippen LogP) is 0.301. The summed E-state index contributed by atoms with van der Waals surface area (Å²) in [7, 11) is -2.96. The van der Waals surface area contributed by atoms with E-state index in [2.05, 4.69) is 5.32 Å². The van der Waals surface area contributed by atoms with Gasteiger partial charge in [0.2, 0.25) is 5.91 Å². The van der Waals surface area contributed by atoms with Crippen molar-refractivity contribution >= 4 is 15.7 Å². The van der Waals surface area contributed by atoms with Crippen molar-refractivity contribution in [2.75, 3.05) is 18.6 Å². The highest BCUT2D eigenvalue weighted by Crippen LogP contribution is 2.28. The van der Waals surface area contributed by atoms with Crippen LogP contribution in [0.2, 0.25) is 0 Å². The average Bonchev–Trinajstić information content (AvgIpc) is 2.08. The van der Waals surface area contributed by atoms with E-state index in [-0.39, 0.29) is 11.7 Å². The molecule has 0 aromatic carbocycles. The van der Waals surface area contributed by atoms with Gasteiger partial charge in [0.1, 0.15) is 9.84 Å². The van der Waals surface area contributed by atoms with E-state index in [4.69, 9.17) is 5.73 Å². The Morgan fingerprint density at radius 2 is 1.71 bits per heavy atom. The molecule has 0 aliphatic heterocycles. The van der Waals surface area contributed by atoms with Crippen molar-refractivity contribution < 1.29 is 13.2 Å². The zero-order chi connectivity index (χ0) is 13.9. The SMILES string of the molecule is CC(C)(N)C(C)(C)C(=O)NCCCS(C)(=O)=O. The zero-order valence-electron chi connectivity index (χ0n) is 11.3. The van der Waals surface area contributed by atoms with E-state index < -0.39 is 20.8 Å². The Bertz CT molecular complexity index is 367. The van der Waals surface area contributed by atoms with Crippen LogP contribution in [0.25, 0.3) is 0 Å². The Hall–Kier alpha value is -0.620. The lowest BCUT2D eigenvalue weighted by molar-refractivity contribution is -0.132. The molecule has 5 nitrogen and oxygen atoms in total. The second-order valence-electron chi connectivity index (χ2n) is 5.59. The number of carbonyl (C=O) groups excluding carboxylic acids is 1. The number of hydrogen-bond acceptors (Lipinski definition) is 4. The zero-order valence-corrected chi connectivity index (χ0v) is 12.1. The first-order valence-corrected chi connectivity index (χ1v) is 7.69. The molecular formula is C11H24N2O3S. The molecule has 0 atom stereocenters. The van der Waals surface area contributed by atoms with Gasteiger partial charge in [-0.2, -0.15) is 0 Å². The fraction of sp³-hybridized carbons (Fsp3) is 0.909. The van der Waals surface area contributed by atoms with Crippen molar-refractivity contribution in [3.8, 4) is 0 Å². The molecule has 0 unspecified atom stereocenters. The second-order valence-corrected chi connectivity index (χ2v) is 7.85. The van der Waals surface area contributed by atoms with Gasteiger partial charge in [-0.25, -0.2) is 8.42 Å². The van der Waals surface area contributed by atoms with Crippen molar-refractivity contribution in [3.63, 3.8) is 0 Å². The van der Waals surface area contributed by atoms with Gasteiger partial charge in [-0.1, -0.05) is 0 Å². The highest BCUT2D eigenvalue weighted by Gasteiger charge is 2.40. The third-order valence-corrected chi connectivity index (χ3v) is 4.19. The van der Waals surface area contributed by atoms with Gasteiger partial charge in [0.05, 0.1) is 11.2 Å². The van der Waals surface area contributed by atoms with Gasteiger partial charge >= 0.3 is 0 Å². The number of rotatable bonds is 6. The number of nitrogens with two attached hydrogens (primary N) is 1. The lowest BCUT2D eigenvalue weighted by atomic mass is 9.74. The fourth-order valence-corrected chi connectivity index (χ4v) is 1.72. The Labute approximate surface area is 104 Å². The molecule has 0 fully saturated rings. The molecule has 3 N–H and O–H groups in total. The van der Waals surface area contributed by atoms with Gasteiger partial charge in [0.25, 0.3) is 0 Å². The number of carbonyl (C=O) groups is 1. The highest BCUT2D eigenvalue weighted by atomic mass is 32.2. The van der Waals surface area contributed by atoms with Crippen LogP contribution in [0, 0.1) is 5.41 Å². The predicted molar refractivity (Wildman–Crippen MR) is 69.4 cm³/mol. The Morgan fingerprint density at radius 1 is 1.24 bits per heavy atom. The van der Waals surface area contributed by atoms with Crippen LogP contribution in [0.5, 0.6) is 0 Å². The molecule has 0 heterocycles. The molecular weight excluding hydrogens is 240 g/mol. The van der Waals surface area contributed by atoms with Crippen molar-refractivity contribution in [2.24, 2.45) is 11.1 Å². The third kappa shape index (κ3) is 5.50. The fourth-order valence-electron chi connectivity index (χ4n) is 1.05. The monoisotopic (exact) mass is 264 g/mol. The standard InChI is InChI=1S/C11H24N2O3S/c1-10(2,11(3,4)12)9(14)13-7-6-8-17(5,15)16/h6-8,12H2,1-5H3,(H,13,14). The van der Waals surface area contributed by atoms with Crippen LogP contribution in [-0.4, -0.2) is 38.4 Å². The summed E-state index contributed by atoms with van der Waals surface area (Å²) in [5.41, 5.74) is 4.60. The average molecular weight is 264 g/mol. The Balaban J connectivity index is 4.21. The Morgan fingerprint density at radius 3 is 2.06 bits per heavy atom. The Kier molecular flexibility index (Phi) is 5.16. The minimum absolute atomic E-state index is 0.0831. The van der Waals surface area contributed by atoms with E-state index >= 15 is 0 Å². The molecule has 6 heteroatoms. The largest absolute Gasteiger partial charge is 0.356 e. The quantitative estimate of drug-likeness (QED) is 0.675. The molecule has 0 saturated carbocycles. The molecule has 1 amide bonds. The number of amides is 1. The maximum atomic E-state index is 11.9. The van der Waals surface area contributed by atoms with E-state index in [0.717, 1.165) is 0 Å². The van der Waals surface area contributed by atoms with E-state index in [9.17, 15) is 13.2 Å². The molecule has 102 valence electrons. The first kappa shape index (κ1) is 16.4. The third-order valence-electron chi connectivity index (χ3n) is 3.16. The van der Waals surface area contributed by atoms with E-state index in [1.807, 2.05) is 0 Å². The molecule has 17 heavy (non-hydrogen) atoms. The smallest absolute Gasteiger partial charge is 0.227 e.